The first-order valence-electron chi connectivity index (χ1n) is 9.16. The van der Waals surface area contributed by atoms with Crippen LogP contribution >= 0.6 is 0 Å². The summed E-state index contributed by atoms with van der Waals surface area (Å²) in [6.45, 7) is 2.50. The van der Waals surface area contributed by atoms with Gasteiger partial charge in [-0.1, -0.05) is 0 Å². The minimum absolute atomic E-state index is 0.0216. The Balaban J connectivity index is 1.47. The lowest BCUT2D eigenvalue weighted by molar-refractivity contribution is -0.132. The second kappa shape index (κ2) is 6.63. The van der Waals surface area contributed by atoms with Crippen molar-refractivity contribution in [2.75, 3.05) is 44.7 Å². The van der Waals surface area contributed by atoms with Crippen LogP contribution in [0.15, 0.2) is 18.2 Å². The van der Waals surface area contributed by atoms with E-state index >= 15 is 0 Å². The Morgan fingerprint density at radius 3 is 2.58 bits per heavy atom. The Hall–Kier alpha value is -2.57. The average Bonchev–Trinajstić information content (AvgIpc) is 3.50. The smallest absolute Gasteiger partial charge is 0.264 e. The average molecular weight is 357 g/mol. The molecule has 7 heteroatoms. The summed E-state index contributed by atoms with van der Waals surface area (Å²) in [6.07, 6.45) is 2.79. The molecule has 0 atom stereocenters. The standard InChI is InChI=1S/C19H23N3O4/c1-20-15-11-14(5-6-16(15)26-12-17(20)23)19(25)22-8-2-7-21(9-10-22)18(24)13-3-4-13/h5-6,11,13H,2-4,7-10,12H2,1H3. The van der Waals surface area contributed by atoms with Gasteiger partial charge in [0.1, 0.15) is 5.75 Å². The molecular formula is C19H23N3O4. The maximum absolute atomic E-state index is 12.9. The summed E-state index contributed by atoms with van der Waals surface area (Å²) in [7, 11) is 1.69. The molecule has 0 radical (unpaired) electrons. The molecule has 1 saturated heterocycles. The van der Waals surface area contributed by atoms with E-state index in [1.165, 1.54) is 4.90 Å². The molecule has 138 valence electrons. The van der Waals surface area contributed by atoms with Gasteiger partial charge in [-0.25, -0.2) is 0 Å². The monoisotopic (exact) mass is 357 g/mol. The number of carbonyl (C=O) groups is 3. The lowest BCUT2D eigenvalue weighted by Crippen LogP contribution is -2.38. The predicted octanol–water partition coefficient (Wildman–Crippen LogP) is 1.13. The van der Waals surface area contributed by atoms with Crippen LogP contribution in [0.1, 0.15) is 29.6 Å². The molecule has 1 saturated carbocycles. The third-order valence-corrected chi connectivity index (χ3v) is 5.31. The van der Waals surface area contributed by atoms with Crippen LogP contribution in [-0.4, -0.2) is 67.4 Å². The molecule has 7 nitrogen and oxygen atoms in total. The van der Waals surface area contributed by atoms with E-state index in [1.807, 2.05) is 4.90 Å². The highest BCUT2D eigenvalue weighted by Crippen LogP contribution is 2.33. The maximum Gasteiger partial charge on any atom is 0.264 e. The third-order valence-electron chi connectivity index (χ3n) is 5.31. The van der Waals surface area contributed by atoms with Gasteiger partial charge in [0.15, 0.2) is 6.61 Å². The van der Waals surface area contributed by atoms with Gasteiger partial charge in [0.2, 0.25) is 5.91 Å². The van der Waals surface area contributed by atoms with E-state index in [1.54, 1.807) is 30.1 Å². The van der Waals surface area contributed by atoms with Gasteiger partial charge >= 0.3 is 0 Å². The molecule has 2 heterocycles. The minimum atomic E-state index is -0.133. The molecule has 26 heavy (non-hydrogen) atoms. The topological polar surface area (TPSA) is 70.2 Å². The number of likely N-dealkylation sites (N-methyl/N-ethyl adjacent to an activating group) is 1. The highest BCUT2D eigenvalue weighted by atomic mass is 16.5. The number of hydrogen-bond donors (Lipinski definition) is 0. The minimum Gasteiger partial charge on any atom is -0.482 e. The van der Waals surface area contributed by atoms with Crippen molar-refractivity contribution in [1.29, 1.82) is 0 Å². The first-order chi connectivity index (χ1) is 12.5. The van der Waals surface area contributed by atoms with Crippen molar-refractivity contribution in [2.45, 2.75) is 19.3 Å². The van der Waals surface area contributed by atoms with Gasteiger partial charge in [-0.05, 0) is 37.5 Å². The summed E-state index contributed by atoms with van der Waals surface area (Å²) in [5.74, 6) is 0.864. The van der Waals surface area contributed by atoms with Crippen LogP contribution in [0.25, 0.3) is 0 Å². The number of ether oxygens (including phenoxy) is 1. The number of amides is 3. The Morgan fingerprint density at radius 1 is 1.08 bits per heavy atom. The Kier molecular flexibility index (Phi) is 4.30. The van der Waals surface area contributed by atoms with E-state index in [4.69, 9.17) is 4.74 Å². The van der Waals surface area contributed by atoms with Gasteiger partial charge in [0.05, 0.1) is 5.69 Å². The molecule has 1 aliphatic carbocycles. The molecular weight excluding hydrogens is 334 g/mol. The van der Waals surface area contributed by atoms with E-state index in [0.717, 1.165) is 19.3 Å². The fraction of sp³-hybridized carbons (Fsp3) is 0.526. The zero-order chi connectivity index (χ0) is 18.3. The van der Waals surface area contributed by atoms with Crippen molar-refractivity contribution in [3.05, 3.63) is 23.8 Å². The molecule has 0 unspecified atom stereocenters. The van der Waals surface area contributed by atoms with E-state index < -0.39 is 0 Å². The van der Waals surface area contributed by atoms with Crippen LogP contribution in [0.4, 0.5) is 5.69 Å². The van der Waals surface area contributed by atoms with Gasteiger partial charge in [-0.2, -0.15) is 0 Å². The fourth-order valence-electron chi connectivity index (χ4n) is 3.52. The fourth-order valence-corrected chi connectivity index (χ4v) is 3.52. The van der Waals surface area contributed by atoms with Crippen LogP contribution in [0.5, 0.6) is 5.75 Å². The molecule has 2 aliphatic heterocycles. The summed E-state index contributed by atoms with van der Waals surface area (Å²) >= 11 is 0. The number of hydrogen-bond acceptors (Lipinski definition) is 4. The van der Waals surface area contributed by atoms with Gasteiger partial charge in [-0.15, -0.1) is 0 Å². The Morgan fingerprint density at radius 2 is 1.81 bits per heavy atom. The highest BCUT2D eigenvalue weighted by Gasteiger charge is 2.34. The lowest BCUT2D eigenvalue weighted by atomic mass is 10.1. The van der Waals surface area contributed by atoms with Crippen molar-refractivity contribution >= 4 is 23.4 Å². The summed E-state index contributed by atoms with van der Waals surface area (Å²) < 4.78 is 5.41. The summed E-state index contributed by atoms with van der Waals surface area (Å²) in [5, 5.41) is 0. The molecule has 0 N–H and O–H groups in total. The van der Waals surface area contributed by atoms with E-state index in [9.17, 15) is 14.4 Å². The molecule has 3 aliphatic rings. The first kappa shape index (κ1) is 16.9. The number of benzene rings is 1. The van der Waals surface area contributed by atoms with Crippen LogP contribution < -0.4 is 9.64 Å². The van der Waals surface area contributed by atoms with Crippen molar-refractivity contribution in [2.24, 2.45) is 5.92 Å². The second-order valence-electron chi connectivity index (χ2n) is 7.17. The number of rotatable bonds is 2. The SMILES string of the molecule is CN1C(=O)COc2ccc(C(=O)N3CCCN(C(=O)C4CC4)CC3)cc21. The molecule has 0 aromatic heterocycles. The van der Waals surface area contributed by atoms with Gasteiger partial charge in [0.25, 0.3) is 11.8 Å². The molecule has 3 amide bonds. The summed E-state index contributed by atoms with van der Waals surface area (Å²) in [5.41, 5.74) is 1.16. The normalized spacial score (nSPS) is 20.3. The quantitative estimate of drug-likeness (QED) is 0.796. The molecule has 4 rings (SSSR count). The van der Waals surface area contributed by atoms with Crippen molar-refractivity contribution < 1.29 is 19.1 Å². The van der Waals surface area contributed by atoms with E-state index in [2.05, 4.69) is 0 Å². The van der Waals surface area contributed by atoms with Crippen molar-refractivity contribution in [1.82, 2.24) is 9.80 Å². The number of nitrogens with zero attached hydrogens (tertiary/aromatic N) is 3. The van der Waals surface area contributed by atoms with E-state index in [-0.39, 0.29) is 30.2 Å². The Bertz CT molecular complexity index is 759. The molecule has 1 aromatic rings. The van der Waals surface area contributed by atoms with Crippen LogP contribution in [-0.2, 0) is 9.59 Å². The molecule has 1 aromatic carbocycles. The van der Waals surface area contributed by atoms with Gasteiger partial charge < -0.3 is 19.4 Å². The van der Waals surface area contributed by atoms with Gasteiger partial charge in [0, 0.05) is 44.7 Å². The molecule has 0 bridgehead atoms. The van der Waals surface area contributed by atoms with E-state index in [0.29, 0.717) is 43.2 Å². The lowest BCUT2D eigenvalue weighted by Gasteiger charge is -2.27. The number of anilines is 1. The highest BCUT2D eigenvalue weighted by molar-refractivity contribution is 6.01. The Labute approximate surface area is 152 Å². The third kappa shape index (κ3) is 3.13. The summed E-state index contributed by atoms with van der Waals surface area (Å²) in [4.78, 5) is 42.2. The van der Waals surface area contributed by atoms with Gasteiger partial charge in [-0.3, -0.25) is 14.4 Å². The predicted molar refractivity (Wildman–Crippen MR) is 95.2 cm³/mol. The second-order valence-corrected chi connectivity index (χ2v) is 7.17. The van der Waals surface area contributed by atoms with Crippen molar-refractivity contribution in [3.63, 3.8) is 0 Å². The number of carbonyl (C=O) groups excluding carboxylic acids is 3. The van der Waals surface area contributed by atoms with Crippen molar-refractivity contribution in [3.8, 4) is 5.75 Å². The van der Waals surface area contributed by atoms with Crippen LogP contribution in [0, 0.1) is 5.92 Å². The molecule has 0 spiro atoms. The first-order valence-corrected chi connectivity index (χ1v) is 9.16. The summed E-state index contributed by atoms with van der Waals surface area (Å²) in [6, 6.07) is 5.20. The van der Waals surface area contributed by atoms with Crippen LogP contribution in [0.2, 0.25) is 0 Å². The zero-order valence-corrected chi connectivity index (χ0v) is 14.9. The maximum atomic E-state index is 12.9. The number of fused-ring (bicyclic) bond motifs is 1. The zero-order valence-electron chi connectivity index (χ0n) is 14.9. The largest absolute Gasteiger partial charge is 0.482 e. The van der Waals surface area contributed by atoms with Crippen LogP contribution in [0.3, 0.4) is 0 Å². The molecule has 2 fully saturated rings.